The van der Waals surface area contributed by atoms with Gasteiger partial charge in [0.15, 0.2) is 0 Å². The molecule has 3 heteroatoms. The van der Waals surface area contributed by atoms with Crippen LogP contribution in [0.15, 0.2) is 0 Å². The Bertz CT molecular complexity index is 250. The van der Waals surface area contributed by atoms with E-state index in [0.29, 0.717) is 11.5 Å². The van der Waals surface area contributed by atoms with E-state index in [1.165, 1.54) is 58.0 Å². The van der Waals surface area contributed by atoms with Crippen molar-refractivity contribution >= 4 is 0 Å². The van der Waals surface area contributed by atoms with Gasteiger partial charge in [0.05, 0.1) is 6.61 Å². The van der Waals surface area contributed by atoms with Gasteiger partial charge in [0.2, 0.25) is 0 Å². The van der Waals surface area contributed by atoms with Gasteiger partial charge in [-0.2, -0.15) is 0 Å². The molecular weight excluding hydrogens is 260 g/mol. The van der Waals surface area contributed by atoms with Crippen LogP contribution in [0.4, 0.5) is 0 Å². The highest BCUT2D eigenvalue weighted by atomic mass is 16.5. The SMILES string of the molecule is CCC(C)N(CC)CC1(CNCCOC)CCCCCC1. The summed E-state index contributed by atoms with van der Waals surface area (Å²) < 4.78 is 5.17. The smallest absolute Gasteiger partial charge is 0.0587 e. The lowest BCUT2D eigenvalue weighted by atomic mass is 9.79. The maximum Gasteiger partial charge on any atom is 0.0587 e. The highest BCUT2D eigenvalue weighted by molar-refractivity contribution is 4.88. The van der Waals surface area contributed by atoms with E-state index in [1.807, 2.05) is 0 Å². The molecule has 1 unspecified atom stereocenters. The predicted octanol–water partition coefficient (Wildman–Crippen LogP) is 3.68. The zero-order valence-electron chi connectivity index (χ0n) is 14.9. The van der Waals surface area contributed by atoms with Crippen molar-refractivity contribution in [1.82, 2.24) is 10.2 Å². The number of methoxy groups -OCH3 is 1. The second-order valence-electron chi connectivity index (χ2n) is 6.90. The van der Waals surface area contributed by atoms with Crippen LogP contribution >= 0.6 is 0 Å². The van der Waals surface area contributed by atoms with Crippen LogP contribution in [0.5, 0.6) is 0 Å². The predicted molar refractivity (Wildman–Crippen MR) is 91.9 cm³/mol. The third kappa shape index (κ3) is 6.66. The van der Waals surface area contributed by atoms with Gasteiger partial charge in [0, 0.05) is 32.8 Å². The highest BCUT2D eigenvalue weighted by Gasteiger charge is 2.33. The van der Waals surface area contributed by atoms with Crippen LogP contribution in [0.1, 0.15) is 65.7 Å². The topological polar surface area (TPSA) is 24.5 Å². The average Bonchev–Trinajstić information content (AvgIpc) is 2.74. The van der Waals surface area contributed by atoms with Gasteiger partial charge < -0.3 is 15.0 Å². The zero-order valence-corrected chi connectivity index (χ0v) is 14.9. The van der Waals surface area contributed by atoms with Gasteiger partial charge in [-0.25, -0.2) is 0 Å². The molecule has 0 spiro atoms. The number of rotatable bonds is 10. The summed E-state index contributed by atoms with van der Waals surface area (Å²) >= 11 is 0. The minimum absolute atomic E-state index is 0.476. The van der Waals surface area contributed by atoms with Crippen molar-refractivity contribution in [3.8, 4) is 0 Å². The first kappa shape index (κ1) is 18.9. The molecule has 1 rings (SSSR count). The van der Waals surface area contributed by atoms with Gasteiger partial charge in [-0.3, -0.25) is 0 Å². The van der Waals surface area contributed by atoms with E-state index < -0.39 is 0 Å². The molecule has 1 aliphatic rings. The number of ether oxygens (including phenoxy) is 1. The number of nitrogens with one attached hydrogen (secondary N) is 1. The van der Waals surface area contributed by atoms with Crippen LogP contribution in [-0.2, 0) is 4.74 Å². The van der Waals surface area contributed by atoms with Crippen LogP contribution in [0, 0.1) is 5.41 Å². The molecule has 0 amide bonds. The Morgan fingerprint density at radius 1 is 1.14 bits per heavy atom. The summed E-state index contributed by atoms with van der Waals surface area (Å²) in [7, 11) is 1.78. The van der Waals surface area contributed by atoms with Crippen molar-refractivity contribution in [1.29, 1.82) is 0 Å². The molecule has 1 fully saturated rings. The molecule has 0 aromatic rings. The standard InChI is InChI=1S/C18H38N2O/c1-5-17(3)20(6-2)16-18(15-19-13-14-21-4)11-9-7-8-10-12-18/h17,19H,5-16H2,1-4H3. The Balaban J connectivity index is 2.65. The summed E-state index contributed by atoms with van der Waals surface area (Å²) in [6.45, 7) is 12.4. The van der Waals surface area contributed by atoms with Gasteiger partial charge in [0.1, 0.15) is 0 Å². The number of hydrogen-bond acceptors (Lipinski definition) is 3. The van der Waals surface area contributed by atoms with E-state index in [0.717, 1.165) is 19.7 Å². The maximum absolute atomic E-state index is 5.17. The fourth-order valence-electron chi connectivity index (χ4n) is 3.67. The van der Waals surface area contributed by atoms with E-state index in [2.05, 4.69) is 31.0 Å². The molecule has 0 aliphatic heterocycles. The van der Waals surface area contributed by atoms with Gasteiger partial charge in [0.25, 0.3) is 0 Å². The summed E-state index contributed by atoms with van der Waals surface area (Å²) in [6.07, 6.45) is 9.69. The average molecular weight is 299 g/mol. The molecule has 0 aromatic carbocycles. The minimum Gasteiger partial charge on any atom is -0.383 e. The van der Waals surface area contributed by atoms with E-state index >= 15 is 0 Å². The first-order valence-electron chi connectivity index (χ1n) is 9.11. The Morgan fingerprint density at radius 2 is 1.81 bits per heavy atom. The van der Waals surface area contributed by atoms with E-state index in [9.17, 15) is 0 Å². The molecule has 0 radical (unpaired) electrons. The fourth-order valence-corrected chi connectivity index (χ4v) is 3.67. The molecule has 1 N–H and O–H groups in total. The second-order valence-corrected chi connectivity index (χ2v) is 6.90. The monoisotopic (exact) mass is 298 g/mol. The highest BCUT2D eigenvalue weighted by Crippen LogP contribution is 2.36. The van der Waals surface area contributed by atoms with Crippen LogP contribution in [0.3, 0.4) is 0 Å². The Labute approximate surface area is 132 Å². The summed E-state index contributed by atoms with van der Waals surface area (Å²) in [5.41, 5.74) is 0.476. The summed E-state index contributed by atoms with van der Waals surface area (Å²) in [5.74, 6) is 0. The maximum atomic E-state index is 5.17. The normalized spacial score (nSPS) is 20.4. The van der Waals surface area contributed by atoms with Gasteiger partial charge in [-0.1, -0.05) is 39.5 Å². The van der Waals surface area contributed by atoms with Gasteiger partial charge in [-0.15, -0.1) is 0 Å². The van der Waals surface area contributed by atoms with Gasteiger partial charge >= 0.3 is 0 Å². The Hall–Kier alpha value is -0.120. The van der Waals surface area contributed by atoms with Crippen molar-refractivity contribution in [3.05, 3.63) is 0 Å². The summed E-state index contributed by atoms with van der Waals surface area (Å²) in [6, 6.07) is 0.703. The Kier molecular flexibility index (Phi) is 9.54. The fraction of sp³-hybridized carbons (Fsp3) is 1.00. The molecule has 0 saturated heterocycles. The number of nitrogens with zero attached hydrogens (tertiary/aromatic N) is 1. The molecule has 21 heavy (non-hydrogen) atoms. The molecule has 3 nitrogen and oxygen atoms in total. The van der Waals surface area contributed by atoms with Crippen LogP contribution < -0.4 is 5.32 Å². The van der Waals surface area contributed by atoms with Crippen molar-refractivity contribution in [2.24, 2.45) is 5.41 Å². The summed E-state index contributed by atoms with van der Waals surface area (Å²) in [4.78, 5) is 2.70. The third-order valence-corrected chi connectivity index (χ3v) is 5.31. The second kappa shape index (κ2) is 10.6. The molecule has 0 aromatic heterocycles. The molecule has 1 atom stereocenters. The first-order chi connectivity index (χ1) is 10.2. The summed E-state index contributed by atoms with van der Waals surface area (Å²) in [5, 5.41) is 3.66. The van der Waals surface area contributed by atoms with Crippen molar-refractivity contribution in [2.75, 3.05) is 39.9 Å². The van der Waals surface area contributed by atoms with Gasteiger partial charge in [-0.05, 0) is 38.1 Å². The lowest BCUT2D eigenvalue weighted by molar-refractivity contribution is 0.0979. The minimum atomic E-state index is 0.476. The van der Waals surface area contributed by atoms with Crippen molar-refractivity contribution < 1.29 is 4.74 Å². The van der Waals surface area contributed by atoms with Crippen molar-refractivity contribution in [2.45, 2.75) is 71.8 Å². The van der Waals surface area contributed by atoms with E-state index in [4.69, 9.17) is 4.74 Å². The quantitative estimate of drug-likeness (QED) is 0.492. The Morgan fingerprint density at radius 3 is 2.33 bits per heavy atom. The number of hydrogen-bond donors (Lipinski definition) is 1. The molecule has 1 saturated carbocycles. The zero-order chi connectivity index (χ0) is 15.6. The molecule has 126 valence electrons. The molecular formula is C18H38N2O. The molecule has 0 heterocycles. The lowest BCUT2D eigenvalue weighted by Gasteiger charge is -2.40. The van der Waals surface area contributed by atoms with Crippen LogP contribution in [-0.4, -0.2) is 50.8 Å². The molecule has 0 bridgehead atoms. The van der Waals surface area contributed by atoms with Crippen LogP contribution in [0.2, 0.25) is 0 Å². The van der Waals surface area contributed by atoms with Crippen molar-refractivity contribution in [3.63, 3.8) is 0 Å². The molecule has 1 aliphatic carbocycles. The van der Waals surface area contributed by atoms with Crippen LogP contribution in [0.25, 0.3) is 0 Å². The largest absolute Gasteiger partial charge is 0.383 e. The third-order valence-electron chi connectivity index (χ3n) is 5.31. The van der Waals surface area contributed by atoms with E-state index in [-0.39, 0.29) is 0 Å². The lowest BCUT2D eigenvalue weighted by Crippen LogP contribution is -2.47. The first-order valence-corrected chi connectivity index (χ1v) is 9.11. The van der Waals surface area contributed by atoms with E-state index in [1.54, 1.807) is 7.11 Å².